The molecule has 1 aliphatic rings. The van der Waals surface area contributed by atoms with Gasteiger partial charge in [0.15, 0.2) is 0 Å². The first kappa shape index (κ1) is 19.6. The Morgan fingerprint density at radius 3 is 1.91 bits per heavy atom. The minimum Gasteiger partial charge on any atom is -0.399 e. The second-order valence-corrected chi connectivity index (χ2v) is 9.75. The molecule has 5 aromatic rings. The van der Waals surface area contributed by atoms with E-state index < -0.39 is 0 Å². The van der Waals surface area contributed by atoms with Crippen LogP contribution in [-0.4, -0.2) is 22.9 Å². The number of hydrogen-bond donors (Lipinski definition) is 0. The molecule has 1 fully saturated rings. The molecular formula is C28H26BNO2. The average Bonchev–Trinajstić information content (AvgIpc) is 3.21. The van der Waals surface area contributed by atoms with E-state index in [2.05, 4.69) is 117 Å². The highest BCUT2D eigenvalue weighted by Gasteiger charge is 2.51. The smallest absolute Gasteiger partial charge is 0.399 e. The zero-order valence-electron chi connectivity index (χ0n) is 18.9. The standard InChI is InChI=1S/C28H26BNO2/c1-27(2)28(3,4)32-29(31-27)21-14-15-25-24(18-21)23-16-19-10-8-9-11-20(19)17-26(23)30(25)22-12-6-5-7-13-22/h5-18H,1-4H3. The molecule has 1 saturated heterocycles. The Balaban J connectivity index is 1.63. The van der Waals surface area contributed by atoms with Gasteiger partial charge in [0.05, 0.1) is 22.2 Å². The monoisotopic (exact) mass is 419 g/mol. The van der Waals surface area contributed by atoms with Gasteiger partial charge in [-0.1, -0.05) is 54.6 Å². The second-order valence-electron chi connectivity index (χ2n) is 9.75. The summed E-state index contributed by atoms with van der Waals surface area (Å²) in [5, 5.41) is 4.93. The predicted octanol–water partition coefficient (Wildman–Crippen LogP) is 6.24. The number of para-hydroxylation sites is 1. The summed E-state index contributed by atoms with van der Waals surface area (Å²) in [6, 6.07) is 30.3. The van der Waals surface area contributed by atoms with Gasteiger partial charge in [0.2, 0.25) is 0 Å². The highest BCUT2D eigenvalue weighted by atomic mass is 16.7. The summed E-state index contributed by atoms with van der Waals surface area (Å²) in [6.45, 7) is 8.38. The molecule has 6 rings (SSSR count). The number of benzene rings is 4. The number of rotatable bonds is 2. The molecule has 0 N–H and O–H groups in total. The van der Waals surface area contributed by atoms with Crippen LogP contribution in [-0.2, 0) is 9.31 Å². The van der Waals surface area contributed by atoms with Crippen LogP contribution in [0.15, 0.2) is 84.9 Å². The molecule has 0 bridgehead atoms. The first-order chi connectivity index (χ1) is 15.3. The van der Waals surface area contributed by atoms with Crippen LogP contribution in [0.5, 0.6) is 0 Å². The van der Waals surface area contributed by atoms with E-state index >= 15 is 0 Å². The van der Waals surface area contributed by atoms with Crippen molar-refractivity contribution in [1.29, 1.82) is 0 Å². The first-order valence-electron chi connectivity index (χ1n) is 11.2. The summed E-state index contributed by atoms with van der Waals surface area (Å²) >= 11 is 0. The van der Waals surface area contributed by atoms with Gasteiger partial charge in [0, 0.05) is 16.5 Å². The molecule has 1 aromatic heterocycles. The molecule has 0 saturated carbocycles. The van der Waals surface area contributed by atoms with Crippen LogP contribution in [0.2, 0.25) is 0 Å². The van der Waals surface area contributed by atoms with Crippen molar-refractivity contribution in [3.05, 3.63) is 84.9 Å². The molecular weight excluding hydrogens is 393 g/mol. The molecule has 0 radical (unpaired) electrons. The van der Waals surface area contributed by atoms with E-state index in [0.29, 0.717) is 0 Å². The van der Waals surface area contributed by atoms with Crippen LogP contribution in [0, 0.1) is 0 Å². The Morgan fingerprint density at radius 2 is 1.22 bits per heavy atom. The molecule has 0 atom stereocenters. The molecule has 32 heavy (non-hydrogen) atoms. The Morgan fingerprint density at radius 1 is 0.625 bits per heavy atom. The van der Waals surface area contributed by atoms with Gasteiger partial charge >= 0.3 is 7.12 Å². The summed E-state index contributed by atoms with van der Waals surface area (Å²) in [4.78, 5) is 0. The zero-order valence-corrected chi connectivity index (χ0v) is 18.9. The molecule has 158 valence electrons. The van der Waals surface area contributed by atoms with Crippen LogP contribution in [0.4, 0.5) is 0 Å². The van der Waals surface area contributed by atoms with Gasteiger partial charge in [0.25, 0.3) is 0 Å². The Hall–Kier alpha value is -3.08. The van der Waals surface area contributed by atoms with Crippen LogP contribution >= 0.6 is 0 Å². The largest absolute Gasteiger partial charge is 0.494 e. The zero-order chi connectivity index (χ0) is 22.1. The lowest BCUT2D eigenvalue weighted by molar-refractivity contribution is 0.00578. The van der Waals surface area contributed by atoms with E-state index in [0.717, 1.165) is 11.2 Å². The SMILES string of the molecule is CC1(C)OB(c2ccc3c(c2)c2cc4ccccc4cc2n3-c2ccccc2)OC1(C)C. The van der Waals surface area contributed by atoms with Crippen LogP contribution in [0.25, 0.3) is 38.3 Å². The third-order valence-electron chi connectivity index (χ3n) is 7.20. The normalized spacial score (nSPS) is 17.6. The molecule has 0 unspecified atom stereocenters. The van der Waals surface area contributed by atoms with Gasteiger partial charge in [-0.3, -0.25) is 0 Å². The van der Waals surface area contributed by atoms with Crippen molar-refractivity contribution in [2.24, 2.45) is 0 Å². The van der Waals surface area contributed by atoms with Gasteiger partial charge in [0.1, 0.15) is 0 Å². The molecule has 0 aliphatic carbocycles. The first-order valence-corrected chi connectivity index (χ1v) is 11.2. The van der Waals surface area contributed by atoms with E-state index in [1.54, 1.807) is 0 Å². The fraction of sp³-hybridized carbons (Fsp3) is 0.214. The van der Waals surface area contributed by atoms with Crippen molar-refractivity contribution in [3.63, 3.8) is 0 Å². The molecule has 0 spiro atoms. The lowest BCUT2D eigenvalue weighted by atomic mass is 9.78. The fourth-order valence-corrected chi connectivity index (χ4v) is 4.70. The Labute approximate surface area is 188 Å². The van der Waals surface area contributed by atoms with Crippen molar-refractivity contribution < 1.29 is 9.31 Å². The topological polar surface area (TPSA) is 23.4 Å². The van der Waals surface area contributed by atoms with Gasteiger partial charge in [-0.05, 0) is 74.3 Å². The van der Waals surface area contributed by atoms with Gasteiger partial charge in [-0.15, -0.1) is 0 Å². The molecule has 2 heterocycles. The van der Waals surface area contributed by atoms with Gasteiger partial charge < -0.3 is 13.9 Å². The van der Waals surface area contributed by atoms with E-state index in [4.69, 9.17) is 9.31 Å². The number of aromatic nitrogens is 1. The fourth-order valence-electron chi connectivity index (χ4n) is 4.70. The molecule has 1 aliphatic heterocycles. The van der Waals surface area contributed by atoms with Gasteiger partial charge in [-0.25, -0.2) is 0 Å². The highest BCUT2D eigenvalue weighted by molar-refractivity contribution is 6.62. The maximum absolute atomic E-state index is 6.34. The highest BCUT2D eigenvalue weighted by Crippen LogP contribution is 2.38. The van der Waals surface area contributed by atoms with Gasteiger partial charge in [-0.2, -0.15) is 0 Å². The summed E-state index contributed by atoms with van der Waals surface area (Å²) in [7, 11) is -0.375. The minimum atomic E-state index is -0.375. The predicted molar refractivity (Wildman–Crippen MR) is 134 cm³/mol. The van der Waals surface area contributed by atoms with E-state index in [1.165, 1.54) is 32.6 Å². The lowest BCUT2D eigenvalue weighted by Crippen LogP contribution is -2.41. The number of nitrogens with zero attached hydrogens (tertiary/aromatic N) is 1. The van der Waals surface area contributed by atoms with E-state index in [-0.39, 0.29) is 18.3 Å². The molecule has 4 heteroatoms. The van der Waals surface area contributed by atoms with E-state index in [1.807, 2.05) is 0 Å². The van der Waals surface area contributed by atoms with Crippen molar-refractivity contribution in [1.82, 2.24) is 4.57 Å². The Bertz CT molecular complexity index is 1470. The maximum atomic E-state index is 6.34. The average molecular weight is 419 g/mol. The van der Waals surface area contributed by atoms with Crippen molar-refractivity contribution in [2.45, 2.75) is 38.9 Å². The maximum Gasteiger partial charge on any atom is 0.494 e. The summed E-state index contributed by atoms with van der Waals surface area (Å²) in [6.07, 6.45) is 0. The van der Waals surface area contributed by atoms with Crippen LogP contribution in [0.1, 0.15) is 27.7 Å². The molecule has 4 aromatic carbocycles. The Kier molecular flexibility index (Phi) is 4.11. The lowest BCUT2D eigenvalue weighted by Gasteiger charge is -2.32. The second kappa shape index (κ2) is 6.71. The number of hydrogen-bond acceptors (Lipinski definition) is 2. The summed E-state index contributed by atoms with van der Waals surface area (Å²) < 4.78 is 15.0. The van der Waals surface area contributed by atoms with Crippen molar-refractivity contribution >= 4 is 45.2 Å². The quantitative estimate of drug-likeness (QED) is 0.317. The van der Waals surface area contributed by atoms with E-state index in [9.17, 15) is 0 Å². The summed E-state index contributed by atoms with van der Waals surface area (Å²) in [5.41, 5.74) is 3.88. The molecule has 0 amide bonds. The van der Waals surface area contributed by atoms with Crippen LogP contribution < -0.4 is 5.46 Å². The van der Waals surface area contributed by atoms with Crippen LogP contribution in [0.3, 0.4) is 0 Å². The third-order valence-corrected chi connectivity index (χ3v) is 7.20. The molecule has 3 nitrogen and oxygen atoms in total. The third kappa shape index (κ3) is 2.83. The van der Waals surface area contributed by atoms with Crippen molar-refractivity contribution in [2.75, 3.05) is 0 Å². The minimum absolute atomic E-state index is 0.360. The number of fused-ring (bicyclic) bond motifs is 4. The summed E-state index contributed by atoms with van der Waals surface area (Å²) in [5.74, 6) is 0. The van der Waals surface area contributed by atoms with Crippen molar-refractivity contribution in [3.8, 4) is 5.69 Å².